The number of rotatable bonds is 0. The van der Waals surface area contributed by atoms with Gasteiger partial charge < -0.3 is 0 Å². The van der Waals surface area contributed by atoms with Crippen molar-refractivity contribution in [3.63, 3.8) is 0 Å². The smallest absolute Gasteiger partial charge is 0.168 e. The van der Waals surface area contributed by atoms with Gasteiger partial charge in [-0.3, -0.25) is 4.79 Å². The second-order valence-corrected chi connectivity index (χ2v) is 6.36. The summed E-state index contributed by atoms with van der Waals surface area (Å²) in [5.41, 5.74) is 2.14. The van der Waals surface area contributed by atoms with E-state index in [4.69, 9.17) is 0 Å². The third kappa shape index (κ3) is 0.797. The molecule has 0 saturated heterocycles. The lowest BCUT2D eigenvalue weighted by Crippen LogP contribution is -2.31. The molecule has 1 aromatic rings. The molecular weight excluding hydrogens is 264 g/mol. The predicted molar refractivity (Wildman–Crippen MR) is 65.6 cm³/mol. The van der Waals surface area contributed by atoms with E-state index in [0.29, 0.717) is 17.6 Å². The average molecular weight is 275 g/mol. The van der Waals surface area contributed by atoms with Gasteiger partial charge in [0.1, 0.15) is 0 Å². The second kappa shape index (κ2) is 2.67. The number of ketones is 1. The number of fused-ring (bicyclic) bond motifs is 7. The third-order valence-corrected chi connectivity index (χ3v) is 5.93. The Balaban J connectivity index is 2.03. The van der Waals surface area contributed by atoms with Gasteiger partial charge in [0.05, 0.1) is 4.32 Å². The molecule has 3 aliphatic rings. The van der Waals surface area contributed by atoms with E-state index in [1.165, 1.54) is 5.56 Å². The van der Waals surface area contributed by atoms with Crippen LogP contribution >= 0.6 is 15.9 Å². The summed E-state index contributed by atoms with van der Waals surface area (Å²) >= 11 is 3.90. The van der Waals surface area contributed by atoms with Crippen molar-refractivity contribution in [1.82, 2.24) is 0 Å². The van der Waals surface area contributed by atoms with Crippen LogP contribution in [0.15, 0.2) is 36.4 Å². The Bertz CT molecular complexity index is 533. The highest BCUT2D eigenvalue weighted by Crippen LogP contribution is 2.65. The molecule has 16 heavy (non-hydrogen) atoms. The van der Waals surface area contributed by atoms with Gasteiger partial charge in [0.25, 0.3) is 0 Å². The first kappa shape index (κ1) is 9.17. The topological polar surface area (TPSA) is 17.1 Å². The normalized spacial score (nSPS) is 42.6. The molecule has 0 heterocycles. The third-order valence-electron chi connectivity index (χ3n) is 4.42. The number of carbonyl (C=O) groups is 1. The van der Waals surface area contributed by atoms with E-state index in [9.17, 15) is 4.79 Å². The maximum absolute atomic E-state index is 12.4. The molecule has 0 aromatic heterocycles. The van der Waals surface area contributed by atoms with Crippen molar-refractivity contribution in [2.75, 3.05) is 0 Å². The molecule has 0 amide bonds. The van der Waals surface area contributed by atoms with Crippen LogP contribution in [0, 0.1) is 17.8 Å². The van der Waals surface area contributed by atoms with Crippen LogP contribution in [-0.2, 0) is 4.32 Å². The van der Waals surface area contributed by atoms with Crippen LogP contribution < -0.4 is 0 Å². The highest BCUT2D eigenvalue weighted by atomic mass is 79.9. The lowest BCUT2D eigenvalue weighted by Gasteiger charge is -2.30. The van der Waals surface area contributed by atoms with Gasteiger partial charge >= 0.3 is 0 Å². The molecule has 1 fully saturated rings. The van der Waals surface area contributed by atoms with Crippen molar-refractivity contribution < 1.29 is 4.79 Å². The van der Waals surface area contributed by atoms with Crippen molar-refractivity contribution >= 4 is 21.7 Å². The maximum atomic E-state index is 12.4. The molecule has 4 atom stereocenters. The molecule has 2 bridgehead atoms. The fourth-order valence-electron chi connectivity index (χ4n) is 3.78. The fourth-order valence-corrected chi connectivity index (χ4v) is 5.01. The molecule has 0 spiro atoms. The predicted octanol–water partition coefficient (Wildman–Crippen LogP) is 3.30. The Labute approximate surface area is 103 Å². The van der Waals surface area contributed by atoms with Crippen LogP contribution in [0.25, 0.3) is 0 Å². The molecule has 2 heteroatoms. The number of hydrogen-bond donors (Lipinski definition) is 0. The Hall–Kier alpha value is -0.890. The summed E-state index contributed by atoms with van der Waals surface area (Å²) in [5.74, 6) is 1.42. The number of alkyl halides is 1. The van der Waals surface area contributed by atoms with Gasteiger partial charge in [-0.05, 0) is 23.8 Å². The van der Waals surface area contributed by atoms with Crippen molar-refractivity contribution in [3.8, 4) is 0 Å². The van der Waals surface area contributed by atoms with E-state index in [-0.39, 0.29) is 10.2 Å². The van der Waals surface area contributed by atoms with Crippen LogP contribution in [0.2, 0.25) is 0 Å². The number of benzene rings is 1. The minimum Gasteiger partial charge on any atom is -0.294 e. The molecule has 1 nitrogen and oxygen atoms in total. The van der Waals surface area contributed by atoms with Gasteiger partial charge in [-0.1, -0.05) is 52.3 Å². The molecule has 80 valence electrons. The fraction of sp³-hybridized carbons (Fsp3) is 0.357. The monoisotopic (exact) mass is 274 g/mol. The Morgan fingerprint density at radius 1 is 1.25 bits per heavy atom. The van der Waals surface area contributed by atoms with E-state index in [2.05, 4.69) is 34.1 Å². The van der Waals surface area contributed by atoms with Crippen molar-refractivity contribution in [3.05, 3.63) is 47.5 Å². The van der Waals surface area contributed by atoms with Crippen molar-refractivity contribution in [2.45, 2.75) is 10.7 Å². The molecule has 0 radical (unpaired) electrons. The number of carbonyl (C=O) groups excluding carboxylic acids is 1. The molecule has 1 aromatic carbocycles. The lowest BCUT2D eigenvalue weighted by molar-refractivity contribution is 0.0904. The highest BCUT2D eigenvalue weighted by molar-refractivity contribution is 9.09. The minimum absolute atomic E-state index is 0.0971. The summed E-state index contributed by atoms with van der Waals surface area (Å²) < 4.78 is -0.0971. The molecule has 0 aliphatic heterocycles. The summed E-state index contributed by atoms with van der Waals surface area (Å²) in [5, 5.41) is 0. The van der Waals surface area contributed by atoms with Gasteiger partial charge in [-0.2, -0.15) is 0 Å². The Morgan fingerprint density at radius 2 is 2.06 bits per heavy atom. The first-order chi connectivity index (χ1) is 7.73. The lowest BCUT2D eigenvalue weighted by atomic mass is 9.83. The zero-order chi connectivity index (χ0) is 10.9. The van der Waals surface area contributed by atoms with Gasteiger partial charge in [0, 0.05) is 11.5 Å². The zero-order valence-corrected chi connectivity index (χ0v) is 10.3. The summed E-state index contributed by atoms with van der Waals surface area (Å²) in [4.78, 5) is 12.4. The largest absolute Gasteiger partial charge is 0.294 e. The van der Waals surface area contributed by atoms with E-state index in [0.717, 1.165) is 12.0 Å². The summed E-state index contributed by atoms with van der Waals surface area (Å²) in [6, 6.07) is 8.08. The van der Waals surface area contributed by atoms with Crippen LogP contribution in [-0.4, -0.2) is 5.78 Å². The van der Waals surface area contributed by atoms with Crippen molar-refractivity contribution in [2.24, 2.45) is 17.8 Å². The Morgan fingerprint density at radius 3 is 2.94 bits per heavy atom. The van der Waals surface area contributed by atoms with Gasteiger partial charge in [0.15, 0.2) is 5.78 Å². The van der Waals surface area contributed by atoms with Crippen LogP contribution in [0.3, 0.4) is 0 Å². The maximum Gasteiger partial charge on any atom is 0.168 e. The SMILES string of the molecule is O=C1c2ccccc2[C@@]2(Br)[C@H]1[C@H]1C=C[C@H]2C1. The van der Waals surface area contributed by atoms with E-state index >= 15 is 0 Å². The van der Waals surface area contributed by atoms with E-state index in [1.807, 2.05) is 18.2 Å². The Kier molecular flexibility index (Phi) is 1.53. The molecule has 0 N–H and O–H groups in total. The zero-order valence-electron chi connectivity index (χ0n) is 8.69. The van der Waals surface area contributed by atoms with Gasteiger partial charge in [-0.15, -0.1) is 0 Å². The highest BCUT2D eigenvalue weighted by Gasteiger charge is 2.62. The molecule has 3 aliphatic carbocycles. The quantitative estimate of drug-likeness (QED) is 0.524. The molecule has 4 rings (SSSR count). The van der Waals surface area contributed by atoms with Gasteiger partial charge in [-0.25, -0.2) is 0 Å². The van der Waals surface area contributed by atoms with E-state index < -0.39 is 0 Å². The van der Waals surface area contributed by atoms with Crippen molar-refractivity contribution in [1.29, 1.82) is 0 Å². The van der Waals surface area contributed by atoms with Crippen LogP contribution in [0.5, 0.6) is 0 Å². The number of Topliss-reactive ketones (excluding diaryl/α,β-unsaturated/α-hetero) is 1. The standard InChI is InChI=1S/C14H11BrO/c15-14-9-6-5-8(7-9)12(14)13(16)10-3-1-2-4-11(10)14/h1-6,8-9,12H,7H2/t8-,9-,12-,14+/m0/s1. The first-order valence-electron chi connectivity index (χ1n) is 5.74. The first-order valence-corrected chi connectivity index (χ1v) is 6.53. The average Bonchev–Trinajstić information content (AvgIpc) is 2.92. The number of allylic oxidation sites excluding steroid dienone is 2. The number of hydrogen-bond acceptors (Lipinski definition) is 1. The van der Waals surface area contributed by atoms with Crippen LogP contribution in [0.1, 0.15) is 22.3 Å². The van der Waals surface area contributed by atoms with E-state index in [1.54, 1.807) is 0 Å². The molecule has 1 saturated carbocycles. The summed E-state index contributed by atoms with van der Waals surface area (Å²) in [6.45, 7) is 0. The minimum atomic E-state index is -0.0971. The molecule has 0 unspecified atom stereocenters. The van der Waals surface area contributed by atoms with Gasteiger partial charge in [0.2, 0.25) is 0 Å². The summed E-state index contributed by atoms with van der Waals surface area (Å²) in [6.07, 6.45) is 5.65. The number of halogens is 1. The molecular formula is C14H11BrO. The van der Waals surface area contributed by atoms with Crippen LogP contribution in [0.4, 0.5) is 0 Å². The summed E-state index contributed by atoms with van der Waals surface area (Å²) in [7, 11) is 0. The second-order valence-electron chi connectivity index (χ2n) is 5.05.